The van der Waals surface area contributed by atoms with Crippen molar-refractivity contribution < 1.29 is 8.42 Å². The maximum atomic E-state index is 12.1. The van der Waals surface area contributed by atoms with Gasteiger partial charge in [0.2, 0.25) is 10.0 Å². The van der Waals surface area contributed by atoms with E-state index < -0.39 is 10.0 Å². The Labute approximate surface area is 127 Å². The van der Waals surface area contributed by atoms with E-state index in [4.69, 9.17) is 5.73 Å². The van der Waals surface area contributed by atoms with Gasteiger partial charge in [0.25, 0.3) is 0 Å². The number of rotatable bonds is 5. The highest BCUT2D eigenvalue weighted by atomic mass is 32.2. The second-order valence-corrected chi connectivity index (χ2v) is 8.04. The molecule has 1 saturated carbocycles. The average molecular weight is 311 g/mol. The molecule has 0 aliphatic heterocycles. The highest BCUT2D eigenvalue weighted by molar-refractivity contribution is 7.89. The predicted octanol–water partition coefficient (Wildman–Crippen LogP) is 1.50. The highest BCUT2D eigenvalue weighted by Gasteiger charge is 2.29. The van der Waals surface area contributed by atoms with E-state index in [0.29, 0.717) is 23.4 Å². The summed E-state index contributed by atoms with van der Waals surface area (Å²) in [6.45, 7) is 0.710. The van der Waals surface area contributed by atoms with Gasteiger partial charge in [-0.3, -0.25) is 0 Å². The van der Waals surface area contributed by atoms with Gasteiger partial charge in [-0.25, -0.2) is 12.7 Å². The van der Waals surface area contributed by atoms with Crippen LogP contribution in [0.5, 0.6) is 0 Å². The SMILES string of the molecule is CN(c1ccc(S(=O)(=O)N(C)C)cc1)C1CCCC1CN. The summed E-state index contributed by atoms with van der Waals surface area (Å²) in [5, 5.41) is 0. The van der Waals surface area contributed by atoms with Crippen LogP contribution in [0.1, 0.15) is 19.3 Å². The molecule has 0 radical (unpaired) electrons. The van der Waals surface area contributed by atoms with E-state index in [-0.39, 0.29) is 0 Å². The zero-order valence-corrected chi connectivity index (χ0v) is 13.8. The van der Waals surface area contributed by atoms with E-state index in [1.165, 1.54) is 17.1 Å². The molecule has 2 unspecified atom stereocenters. The number of hydrogen-bond acceptors (Lipinski definition) is 4. The Hall–Kier alpha value is -1.11. The summed E-state index contributed by atoms with van der Waals surface area (Å²) in [5.74, 6) is 0.528. The molecule has 0 bridgehead atoms. The lowest BCUT2D eigenvalue weighted by atomic mass is 10.0. The van der Waals surface area contributed by atoms with Crippen molar-refractivity contribution >= 4 is 15.7 Å². The molecule has 0 heterocycles. The van der Waals surface area contributed by atoms with Gasteiger partial charge in [-0.2, -0.15) is 0 Å². The third kappa shape index (κ3) is 3.22. The van der Waals surface area contributed by atoms with Gasteiger partial charge in [0.05, 0.1) is 4.90 Å². The minimum Gasteiger partial charge on any atom is -0.371 e. The lowest BCUT2D eigenvalue weighted by Gasteiger charge is -2.31. The van der Waals surface area contributed by atoms with Crippen LogP contribution >= 0.6 is 0 Å². The molecule has 1 aliphatic carbocycles. The smallest absolute Gasteiger partial charge is 0.242 e. The fourth-order valence-corrected chi connectivity index (χ4v) is 3.96. The summed E-state index contributed by atoms with van der Waals surface area (Å²) in [6.07, 6.45) is 3.54. The molecular weight excluding hydrogens is 286 g/mol. The zero-order valence-electron chi connectivity index (χ0n) is 13.0. The highest BCUT2D eigenvalue weighted by Crippen LogP contribution is 2.31. The van der Waals surface area contributed by atoms with Crippen LogP contribution in [-0.2, 0) is 10.0 Å². The number of anilines is 1. The fourth-order valence-electron chi connectivity index (χ4n) is 3.06. The van der Waals surface area contributed by atoms with Crippen LogP contribution in [0.2, 0.25) is 0 Å². The van der Waals surface area contributed by atoms with E-state index in [1.54, 1.807) is 26.2 Å². The van der Waals surface area contributed by atoms with Gasteiger partial charge in [0.15, 0.2) is 0 Å². The van der Waals surface area contributed by atoms with Crippen LogP contribution < -0.4 is 10.6 Å². The third-order valence-electron chi connectivity index (χ3n) is 4.44. The molecule has 0 aromatic heterocycles. The molecule has 0 spiro atoms. The molecule has 2 N–H and O–H groups in total. The van der Waals surface area contributed by atoms with Gasteiger partial charge in [-0.05, 0) is 49.6 Å². The van der Waals surface area contributed by atoms with E-state index in [2.05, 4.69) is 11.9 Å². The number of nitrogens with two attached hydrogens (primary N) is 1. The number of hydrogen-bond donors (Lipinski definition) is 1. The summed E-state index contributed by atoms with van der Waals surface area (Å²) in [6, 6.07) is 7.55. The molecule has 0 saturated heterocycles. The first-order valence-corrected chi connectivity index (χ1v) is 8.77. The van der Waals surface area contributed by atoms with Crippen molar-refractivity contribution in [1.29, 1.82) is 0 Å². The average Bonchev–Trinajstić information content (AvgIpc) is 2.94. The molecule has 1 aromatic rings. The first kappa shape index (κ1) is 16.3. The van der Waals surface area contributed by atoms with Crippen molar-refractivity contribution in [3.8, 4) is 0 Å². The van der Waals surface area contributed by atoms with Gasteiger partial charge in [0.1, 0.15) is 0 Å². The third-order valence-corrected chi connectivity index (χ3v) is 6.27. The van der Waals surface area contributed by atoms with Crippen LogP contribution in [-0.4, -0.2) is 46.5 Å². The first-order valence-electron chi connectivity index (χ1n) is 7.33. The Morgan fingerprint density at radius 3 is 2.29 bits per heavy atom. The van der Waals surface area contributed by atoms with Crippen molar-refractivity contribution in [2.75, 3.05) is 32.6 Å². The Morgan fingerprint density at radius 1 is 1.14 bits per heavy atom. The normalized spacial score (nSPS) is 22.7. The number of benzene rings is 1. The van der Waals surface area contributed by atoms with Crippen molar-refractivity contribution in [3.05, 3.63) is 24.3 Å². The first-order chi connectivity index (χ1) is 9.87. The summed E-state index contributed by atoms with van der Waals surface area (Å²) < 4.78 is 25.4. The van der Waals surface area contributed by atoms with Gasteiger partial charge in [-0.1, -0.05) is 6.42 Å². The number of sulfonamides is 1. The second-order valence-electron chi connectivity index (χ2n) is 5.89. The fraction of sp³-hybridized carbons (Fsp3) is 0.600. The van der Waals surface area contributed by atoms with Gasteiger partial charge < -0.3 is 10.6 Å². The van der Waals surface area contributed by atoms with Crippen molar-refractivity contribution in [2.24, 2.45) is 11.7 Å². The molecular formula is C15H25N3O2S. The van der Waals surface area contributed by atoms with Crippen LogP contribution in [0.15, 0.2) is 29.2 Å². The zero-order chi connectivity index (χ0) is 15.6. The molecule has 1 fully saturated rings. The summed E-state index contributed by atoms with van der Waals surface area (Å²) in [4.78, 5) is 2.56. The second kappa shape index (κ2) is 6.34. The lowest BCUT2D eigenvalue weighted by molar-refractivity contribution is 0.474. The van der Waals surface area contributed by atoms with Gasteiger partial charge in [-0.15, -0.1) is 0 Å². The van der Waals surface area contributed by atoms with Crippen molar-refractivity contribution in [2.45, 2.75) is 30.2 Å². The maximum Gasteiger partial charge on any atom is 0.242 e. The molecule has 1 aliphatic rings. The standard InChI is InChI=1S/C15H25N3O2S/c1-17(2)21(19,20)14-9-7-13(8-10-14)18(3)15-6-4-5-12(15)11-16/h7-10,12,15H,4-6,11,16H2,1-3H3. The van der Waals surface area contributed by atoms with E-state index in [9.17, 15) is 8.42 Å². The molecule has 2 rings (SSSR count). The van der Waals surface area contributed by atoms with E-state index >= 15 is 0 Å². The minimum absolute atomic E-state index is 0.325. The maximum absolute atomic E-state index is 12.1. The molecule has 21 heavy (non-hydrogen) atoms. The van der Waals surface area contributed by atoms with Crippen molar-refractivity contribution in [1.82, 2.24) is 4.31 Å². The van der Waals surface area contributed by atoms with Crippen molar-refractivity contribution in [3.63, 3.8) is 0 Å². The summed E-state index contributed by atoms with van der Waals surface area (Å²) >= 11 is 0. The Kier molecular flexibility index (Phi) is 4.91. The van der Waals surface area contributed by atoms with Crippen LogP contribution in [0, 0.1) is 5.92 Å². The summed E-state index contributed by atoms with van der Waals surface area (Å²) in [5.41, 5.74) is 6.88. The monoisotopic (exact) mass is 311 g/mol. The molecule has 118 valence electrons. The van der Waals surface area contributed by atoms with E-state index in [1.807, 2.05) is 12.1 Å². The predicted molar refractivity (Wildman–Crippen MR) is 85.9 cm³/mol. The molecule has 0 amide bonds. The Morgan fingerprint density at radius 2 is 1.76 bits per heavy atom. The van der Waals surface area contributed by atoms with Crippen LogP contribution in [0.3, 0.4) is 0 Å². The quantitative estimate of drug-likeness (QED) is 0.895. The van der Waals surface area contributed by atoms with Gasteiger partial charge >= 0.3 is 0 Å². The van der Waals surface area contributed by atoms with Gasteiger partial charge in [0, 0.05) is 32.9 Å². The van der Waals surface area contributed by atoms with E-state index in [0.717, 1.165) is 12.1 Å². The molecule has 2 atom stereocenters. The molecule has 1 aromatic carbocycles. The Balaban J connectivity index is 2.19. The lowest BCUT2D eigenvalue weighted by Crippen LogP contribution is -2.37. The minimum atomic E-state index is -3.36. The van der Waals surface area contributed by atoms with Crippen LogP contribution in [0.25, 0.3) is 0 Å². The number of nitrogens with zero attached hydrogens (tertiary/aromatic N) is 2. The summed E-state index contributed by atoms with van der Waals surface area (Å²) in [7, 11) is 1.79. The van der Waals surface area contributed by atoms with Crippen LogP contribution in [0.4, 0.5) is 5.69 Å². The molecule has 6 heteroatoms. The topological polar surface area (TPSA) is 66.6 Å². The largest absolute Gasteiger partial charge is 0.371 e. The Bertz CT molecular complexity index is 569. The molecule has 5 nitrogen and oxygen atoms in total.